The SMILES string of the molecule is Cc1ccc(NC(=O)C2CCN(S(=O)(=O)C=Cc3ccccc3)CC2)cc1. The molecule has 0 unspecified atom stereocenters. The third kappa shape index (κ3) is 5.28. The number of nitrogens with zero attached hydrogens (tertiary/aromatic N) is 1. The molecule has 0 aliphatic carbocycles. The predicted molar refractivity (Wildman–Crippen MR) is 109 cm³/mol. The Morgan fingerprint density at radius 2 is 1.67 bits per heavy atom. The lowest BCUT2D eigenvalue weighted by molar-refractivity contribution is -0.120. The van der Waals surface area contributed by atoms with Gasteiger partial charge in [-0.15, -0.1) is 0 Å². The van der Waals surface area contributed by atoms with E-state index in [0.717, 1.165) is 16.8 Å². The zero-order valence-electron chi connectivity index (χ0n) is 15.3. The van der Waals surface area contributed by atoms with Crippen molar-refractivity contribution in [1.82, 2.24) is 4.31 Å². The Kier molecular flexibility index (Phi) is 6.08. The van der Waals surface area contributed by atoms with E-state index in [1.54, 1.807) is 6.08 Å². The molecule has 0 atom stereocenters. The average molecular weight is 385 g/mol. The molecule has 142 valence electrons. The van der Waals surface area contributed by atoms with Gasteiger partial charge in [-0.2, -0.15) is 4.31 Å². The van der Waals surface area contributed by atoms with Crippen molar-refractivity contribution in [3.05, 3.63) is 71.1 Å². The van der Waals surface area contributed by atoms with Crippen LogP contribution in [0.2, 0.25) is 0 Å². The summed E-state index contributed by atoms with van der Waals surface area (Å²) in [5.41, 5.74) is 2.75. The Morgan fingerprint density at radius 3 is 2.30 bits per heavy atom. The molecule has 0 saturated carbocycles. The third-order valence-corrected chi connectivity index (χ3v) is 6.30. The monoisotopic (exact) mass is 384 g/mol. The maximum absolute atomic E-state index is 12.5. The molecule has 1 saturated heterocycles. The lowest BCUT2D eigenvalue weighted by Gasteiger charge is -2.29. The topological polar surface area (TPSA) is 66.5 Å². The van der Waals surface area contributed by atoms with Crippen molar-refractivity contribution in [2.45, 2.75) is 19.8 Å². The van der Waals surface area contributed by atoms with E-state index < -0.39 is 10.0 Å². The molecule has 0 spiro atoms. The fourth-order valence-electron chi connectivity index (χ4n) is 3.07. The summed E-state index contributed by atoms with van der Waals surface area (Å²) in [7, 11) is -3.47. The Labute approximate surface area is 160 Å². The molecule has 1 fully saturated rings. The summed E-state index contributed by atoms with van der Waals surface area (Å²) in [4.78, 5) is 12.4. The van der Waals surface area contributed by atoms with Gasteiger partial charge in [0.05, 0.1) is 0 Å². The van der Waals surface area contributed by atoms with Gasteiger partial charge in [-0.1, -0.05) is 48.0 Å². The number of anilines is 1. The van der Waals surface area contributed by atoms with Crippen LogP contribution in [0.1, 0.15) is 24.0 Å². The zero-order valence-corrected chi connectivity index (χ0v) is 16.2. The summed E-state index contributed by atoms with van der Waals surface area (Å²) in [5.74, 6) is -0.216. The van der Waals surface area contributed by atoms with Gasteiger partial charge in [0.1, 0.15) is 0 Å². The Balaban J connectivity index is 1.55. The smallest absolute Gasteiger partial charge is 0.236 e. The van der Waals surface area contributed by atoms with Crippen LogP contribution in [0.4, 0.5) is 5.69 Å². The summed E-state index contributed by atoms with van der Waals surface area (Å²) < 4.78 is 26.4. The maximum atomic E-state index is 12.5. The molecule has 1 heterocycles. The quantitative estimate of drug-likeness (QED) is 0.856. The number of sulfonamides is 1. The molecular weight excluding hydrogens is 360 g/mol. The first-order chi connectivity index (χ1) is 12.9. The highest BCUT2D eigenvalue weighted by Gasteiger charge is 2.29. The van der Waals surface area contributed by atoms with Crippen molar-refractivity contribution in [2.24, 2.45) is 5.92 Å². The second-order valence-corrected chi connectivity index (χ2v) is 8.61. The van der Waals surface area contributed by atoms with Gasteiger partial charge in [0.2, 0.25) is 15.9 Å². The minimum Gasteiger partial charge on any atom is -0.326 e. The van der Waals surface area contributed by atoms with Crippen molar-refractivity contribution in [3.8, 4) is 0 Å². The van der Waals surface area contributed by atoms with E-state index in [4.69, 9.17) is 0 Å². The summed E-state index contributed by atoms with van der Waals surface area (Å²) >= 11 is 0. The van der Waals surface area contributed by atoms with Gasteiger partial charge in [-0.3, -0.25) is 4.79 Å². The van der Waals surface area contributed by atoms with Gasteiger partial charge < -0.3 is 5.32 Å². The van der Waals surface area contributed by atoms with Crippen molar-refractivity contribution >= 4 is 27.7 Å². The maximum Gasteiger partial charge on any atom is 0.236 e. The molecule has 0 bridgehead atoms. The van der Waals surface area contributed by atoms with E-state index in [1.807, 2.05) is 61.5 Å². The number of amides is 1. The van der Waals surface area contributed by atoms with Gasteiger partial charge in [0.25, 0.3) is 0 Å². The molecule has 0 aromatic heterocycles. The Hall–Kier alpha value is -2.44. The highest BCUT2D eigenvalue weighted by molar-refractivity contribution is 7.92. The lowest BCUT2D eigenvalue weighted by atomic mass is 9.97. The highest BCUT2D eigenvalue weighted by Crippen LogP contribution is 2.22. The number of hydrogen-bond donors (Lipinski definition) is 1. The first kappa shape index (κ1) is 19.3. The summed E-state index contributed by atoms with van der Waals surface area (Å²) in [6.07, 6.45) is 2.65. The fraction of sp³-hybridized carbons (Fsp3) is 0.286. The molecule has 1 aliphatic rings. The van der Waals surface area contributed by atoms with Crippen LogP contribution in [-0.4, -0.2) is 31.7 Å². The molecule has 5 nitrogen and oxygen atoms in total. The van der Waals surface area contributed by atoms with E-state index >= 15 is 0 Å². The van der Waals surface area contributed by atoms with E-state index in [9.17, 15) is 13.2 Å². The lowest BCUT2D eigenvalue weighted by Crippen LogP contribution is -2.40. The average Bonchev–Trinajstić information content (AvgIpc) is 2.69. The molecule has 2 aromatic carbocycles. The van der Waals surface area contributed by atoms with Crippen LogP contribution in [0.5, 0.6) is 0 Å². The molecule has 2 aromatic rings. The number of hydrogen-bond acceptors (Lipinski definition) is 3. The first-order valence-corrected chi connectivity index (χ1v) is 10.6. The normalized spacial score (nSPS) is 16.5. The number of rotatable bonds is 5. The van der Waals surface area contributed by atoms with Crippen LogP contribution in [0.15, 0.2) is 60.0 Å². The van der Waals surface area contributed by atoms with Crippen LogP contribution < -0.4 is 5.32 Å². The predicted octanol–water partition coefficient (Wildman–Crippen LogP) is 3.65. The molecule has 27 heavy (non-hydrogen) atoms. The van der Waals surface area contributed by atoms with Crippen LogP contribution in [0.25, 0.3) is 6.08 Å². The number of carbonyl (C=O) groups is 1. The number of nitrogens with one attached hydrogen (secondary N) is 1. The molecule has 3 rings (SSSR count). The van der Waals surface area contributed by atoms with Crippen LogP contribution in [0.3, 0.4) is 0 Å². The molecule has 0 radical (unpaired) electrons. The van der Waals surface area contributed by atoms with Crippen LogP contribution >= 0.6 is 0 Å². The van der Waals surface area contributed by atoms with Crippen LogP contribution in [-0.2, 0) is 14.8 Å². The van der Waals surface area contributed by atoms with Crippen molar-refractivity contribution in [2.75, 3.05) is 18.4 Å². The highest BCUT2D eigenvalue weighted by atomic mass is 32.2. The number of carbonyl (C=O) groups excluding carboxylic acids is 1. The number of benzene rings is 2. The molecule has 1 aliphatic heterocycles. The van der Waals surface area contributed by atoms with Crippen LogP contribution in [0, 0.1) is 12.8 Å². The minimum absolute atomic E-state index is 0.0456. The first-order valence-electron chi connectivity index (χ1n) is 9.05. The molecular formula is C21H24N2O3S. The van der Waals surface area contributed by atoms with Gasteiger partial charge in [0.15, 0.2) is 0 Å². The second kappa shape index (κ2) is 8.50. The van der Waals surface area contributed by atoms with E-state index in [1.165, 1.54) is 9.71 Å². The van der Waals surface area contributed by atoms with Crippen molar-refractivity contribution < 1.29 is 13.2 Å². The molecule has 1 N–H and O–H groups in total. The van der Waals surface area contributed by atoms with Gasteiger partial charge in [0, 0.05) is 30.1 Å². The largest absolute Gasteiger partial charge is 0.326 e. The number of piperidine rings is 1. The van der Waals surface area contributed by atoms with Gasteiger partial charge in [-0.05, 0) is 43.5 Å². The van der Waals surface area contributed by atoms with E-state index in [2.05, 4.69) is 5.32 Å². The number of aryl methyl sites for hydroxylation is 1. The Morgan fingerprint density at radius 1 is 1.04 bits per heavy atom. The fourth-order valence-corrected chi connectivity index (χ4v) is 4.29. The molecule has 6 heteroatoms. The standard InChI is InChI=1S/C21H24N2O3S/c1-17-7-9-20(10-8-17)22-21(24)19-11-14-23(15-12-19)27(25,26)16-13-18-5-3-2-4-6-18/h2-10,13,16,19H,11-12,14-15H2,1H3,(H,22,24). The minimum atomic E-state index is -3.47. The summed E-state index contributed by atoms with van der Waals surface area (Å²) in [5, 5.41) is 4.16. The van der Waals surface area contributed by atoms with E-state index in [-0.39, 0.29) is 11.8 Å². The van der Waals surface area contributed by atoms with E-state index in [0.29, 0.717) is 25.9 Å². The Bertz CT molecular complexity index is 898. The molecule has 1 amide bonds. The van der Waals surface area contributed by atoms with Gasteiger partial charge >= 0.3 is 0 Å². The van der Waals surface area contributed by atoms with Gasteiger partial charge in [-0.25, -0.2) is 8.42 Å². The van der Waals surface area contributed by atoms with Crippen molar-refractivity contribution in [3.63, 3.8) is 0 Å². The summed E-state index contributed by atoms with van der Waals surface area (Å²) in [6, 6.07) is 17.0. The zero-order chi connectivity index (χ0) is 19.3. The third-order valence-electron chi connectivity index (χ3n) is 4.74. The summed E-state index contributed by atoms with van der Waals surface area (Å²) in [6.45, 7) is 2.70. The van der Waals surface area contributed by atoms with Crippen molar-refractivity contribution in [1.29, 1.82) is 0 Å². The second-order valence-electron chi connectivity index (χ2n) is 6.79.